The second-order valence-corrected chi connectivity index (χ2v) is 4.40. The van der Waals surface area contributed by atoms with Gasteiger partial charge in [-0.15, -0.1) is 6.58 Å². The molecule has 0 saturated carbocycles. The number of hydrogen-bond donors (Lipinski definition) is 1. The van der Waals surface area contributed by atoms with Crippen molar-refractivity contribution in [3.8, 4) is 11.8 Å². The van der Waals surface area contributed by atoms with Crippen LogP contribution in [-0.4, -0.2) is 18.6 Å². The molecule has 0 spiro atoms. The third kappa shape index (κ3) is 4.99. The fourth-order valence-electron chi connectivity index (χ4n) is 1.49. The van der Waals surface area contributed by atoms with Gasteiger partial charge < -0.3 is 10.1 Å². The molecule has 0 bridgehead atoms. The van der Waals surface area contributed by atoms with Crippen LogP contribution in [0.25, 0.3) is 6.08 Å². The molecule has 4 nitrogen and oxygen atoms in total. The highest BCUT2D eigenvalue weighted by Gasteiger charge is 2.07. The van der Waals surface area contributed by atoms with Gasteiger partial charge in [-0.1, -0.05) is 18.2 Å². The first-order chi connectivity index (χ1) is 9.56. The molecule has 0 saturated heterocycles. The zero-order valence-corrected chi connectivity index (χ0v) is 11.7. The van der Waals surface area contributed by atoms with Crippen molar-refractivity contribution in [1.82, 2.24) is 5.32 Å². The molecule has 1 N–H and O–H groups in total. The Balaban J connectivity index is 2.83. The highest BCUT2D eigenvalue weighted by Crippen LogP contribution is 2.15. The van der Waals surface area contributed by atoms with E-state index in [2.05, 4.69) is 11.9 Å². The minimum absolute atomic E-state index is 0.0596. The van der Waals surface area contributed by atoms with Crippen LogP contribution in [0.3, 0.4) is 0 Å². The third-order valence-electron chi connectivity index (χ3n) is 2.33. The van der Waals surface area contributed by atoms with E-state index in [0.29, 0.717) is 6.54 Å². The molecule has 104 valence electrons. The lowest BCUT2D eigenvalue weighted by Crippen LogP contribution is -2.24. The van der Waals surface area contributed by atoms with E-state index >= 15 is 0 Å². The van der Waals surface area contributed by atoms with Crippen LogP contribution in [0.5, 0.6) is 5.75 Å². The number of nitrogens with zero attached hydrogens (tertiary/aromatic N) is 1. The van der Waals surface area contributed by atoms with Gasteiger partial charge in [0, 0.05) is 6.54 Å². The lowest BCUT2D eigenvalue weighted by atomic mass is 10.1. The van der Waals surface area contributed by atoms with Gasteiger partial charge in [-0.3, -0.25) is 4.79 Å². The molecular formula is C16H18N2O2. The van der Waals surface area contributed by atoms with Crippen LogP contribution in [0.2, 0.25) is 0 Å². The lowest BCUT2D eigenvalue weighted by molar-refractivity contribution is -0.116. The van der Waals surface area contributed by atoms with E-state index in [1.807, 2.05) is 32.0 Å². The third-order valence-corrected chi connectivity index (χ3v) is 2.33. The normalized spacial score (nSPS) is 10.8. The maximum atomic E-state index is 11.7. The van der Waals surface area contributed by atoms with Crippen molar-refractivity contribution in [2.24, 2.45) is 0 Å². The maximum absolute atomic E-state index is 11.7. The number of rotatable bonds is 6. The Morgan fingerprint density at radius 3 is 2.60 bits per heavy atom. The molecule has 4 heteroatoms. The van der Waals surface area contributed by atoms with E-state index in [9.17, 15) is 4.79 Å². The van der Waals surface area contributed by atoms with Gasteiger partial charge in [-0.25, -0.2) is 0 Å². The molecule has 0 fully saturated rings. The number of hydrogen-bond acceptors (Lipinski definition) is 3. The van der Waals surface area contributed by atoms with Crippen molar-refractivity contribution in [2.45, 2.75) is 20.0 Å². The van der Waals surface area contributed by atoms with Crippen LogP contribution < -0.4 is 10.1 Å². The van der Waals surface area contributed by atoms with Crippen LogP contribution >= 0.6 is 0 Å². The number of amides is 1. The number of nitriles is 1. The minimum atomic E-state index is -0.407. The number of carbonyl (C=O) groups excluding carboxylic acids is 1. The molecule has 0 aliphatic carbocycles. The van der Waals surface area contributed by atoms with Crippen molar-refractivity contribution in [3.05, 3.63) is 48.1 Å². The summed E-state index contributed by atoms with van der Waals surface area (Å²) in [6, 6.07) is 9.11. The number of nitrogens with one attached hydrogen (secondary N) is 1. The average molecular weight is 270 g/mol. The van der Waals surface area contributed by atoms with Gasteiger partial charge in [0.15, 0.2) is 0 Å². The van der Waals surface area contributed by atoms with E-state index in [-0.39, 0.29) is 11.7 Å². The molecule has 1 amide bonds. The van der Waals surface area contributed by atoms with Crippen molar-refractivity contribution < 1.29 is 9.53 Å². The Bertz CT molecular complexity index is 537. The largest absolute Gasteiger partial charge is 0.491 e. The highest BCUT2D eigenvalue weighted by molar-refractivity contribution is 6.01. The summed E-state index contributed by atoms with van der Waals surface area (Å²) in [5, 5.41) is 11.6. The summed E-state index contributed by atoms with van der Waals surface area (Å²) in [5.41, 5.74) is 0.829. The Morgan fingerprint density at radius 1 is 1.45 bits per heavy atom. The Kier molecular flexibility index (Phi) is 6.05. The summed E-state index contributed by atoms with van der Waals surface area (Å²) in [7, 11) is 0. The Morgan fingerprint density at radius 2 is 2.10 bits per heavy atom. The summed E-state index contributed by atoms with van der Waals surface area (Å²) < 4.78 is 5.52. The van der Waals surface area contributed by atoms with E-state index in [4.69, 9.17) is 10.00 Å². The summed E-state index contributed by atoms with van der Waals surface area (Å²) in [6.07, 6.45) is 3.21. The topological polar surface area (TPSA) is 62.1 Å². The first kappa shape index (κ1) is 15.5. The first-order valence-corrected chi connectivity index (χ1v) is 6.34. The molecule has 0 heterocycles. The summed E-state index contributed by atoms with van der Waals surface area (Å²) in [4.78, 5) is 11.7. The van der Waals surface area contributed by atoms with Crippen LogP contribution in [0.4, 0.5) is 0 Å². The van der Waals surface area contributed by atoms with Gasteiger partial charge in [0.05, 0.1) is 6.10 Å². The number of ether oxygens (including phenoxy) is 1. The summed E-state index contributed by atoms with van der Waals surface area (Å²) in [6.45, 7) is 7.74. The molecule has 0 aromatic heterocycles. The fraction of sp³-hybridized carbons (Fsp3) is 0.250. The predicted octanol–water partition coefficient (Wildman–Crippen LogP) is 2.68. The second-order valence-electron chi connectivity index (χ2n) is 4.40. The molecule has 0 aliphatic rings. The Labute approximate surface area is 119 Å². The maximum Gasteiger partial charge on any atom is 0.262 e. The van der Waals surface area contributed by atoms with Crippen LogP contribution in [0.15, 0.2) is 42.5 Å². The highest BCUT2D eigenvalue weighted by atomic mass is 16.5. The SMILES string of the molecule is C=CCNC(=O)/C(C#N)=C/c1ccc(OC(C)C)cc1. The molecular weight excluding hydrogens is 252 g/mol. The van der Waals surface area contributed by atoms with Gasteiger partial charge >= 0.3 is 0 Å². The van der Waals surface area contributed by atoms with Gasteiger partial charge in [-0.2, -0.15) is 5.26 Å². The fourth-order valence-corrected chi connectivity index (χ4v) is 1.49. The van der Waals surface area contributed by atoms with Crippen LogP contribution in [0.1, 0.15) is 19.4 Å². The number of carbonyl (C=O) groups is 1. The van der Waals surface area contributed by atoms with E-state index in [1.165, 1.54) is 6.08 Å². The monoisotopic (exact) mass is 270 g/mol. The zero-order chi connectivity index (χ0) is 15.0. The van der Waals surface area contributed by atoms with Crippen LogP contribution in [0, 0.1) is 11.3 Å². The van der Waals surface area contributed by atoms with Crippen molar-refractivity contribution in [1.29, 1.82) is 5.26 Å². The summed E-state index contributed by atoms with van der Waals surface area (Å²) >= 11 is 0. The van der Waals surface area contributed by atoms with E-state index in [1.54, 1.807) is 18.2 Å². The van der Waals surface area contributed by atoms with Crippen molar-refractivity contribution >= 4 is 12.0 Å². The average Bonchev–Trinajstić information content (AvgIpc) is 2.43. The van der Waals surface area contributed by atoms with Gasteiger partial charge in [-0.05, 0) is 37.6 Å². The predicted molar refractivity (Wildman–Crippen MR) is 79.0 cm³/mol. The zero-order valence-electron chi connectivity index (χ0n) is 11.7. The molecule has 1 rings (SSSR count). The van der Waals surface area contributed by atoms with Gasteiger partial charge in [0.2, 0.25) is 0 Å². The molecule has 1 aromatic rings. The quantitative estimate of drug-likeness (QED) is 0.491. The van der Waals surface area contributed by atoms with Gasteiger partial charge in [0.1, 0.15) is 17.4 Å². The van der Waals surface area contributed by atoms with Crippen molar-refractivity contribution in [2.75, 3.05) is 6.54 Å². The van der Waals surface area contributed by atoms with E-state index < -0.39 is 5.91 Å². The molecule has 0 aliphatic heterocycles. The standard InChI is InChI=1S/C16H18N2O2/c1-4-9-18-16(19)14(11-17)10-13-5-7-15(8-6-13)20-12(2)3/h4-8,10,12H,1,9H2,2-3H3,(H,18,19)/b14-10+. The van der Waals surface area contributed by atoms with Crippen molar-refractivity contribution in [3.63, 3.8) is 0 Å². The lowest BCUT2D eigenvalue weighted by Gasteiger charge is -2.09. The smallest absolute Gasteiger partial charge is 0.262 e. The molecule has 0 atom stereocenters. The molecule has 0 unspecified atom stereocenters. The molecule has 1 aromatic carbocycles. The number of benzene rings is 1. The Hall–Kier alpha value is -2.54. The molecule has 0 radical (unpaired) electrons. The molecule has 20 heavy (non-hydrogen) atoms. The minimum Gasteiger partial charge on any atom is -0.491 e. The van der Waals surface area contributed by atoms with E-state index in [0.717, 1.165) is 11.3 Å². The van der Waals surface area contributed by atoms with Gasteiger partial charge in [0.25, 0.3) is 5.91 Å². The van der Waals surface area contributed by atoms with Crippen LogP contribution in [-0.2, 0) is 4.79 Å². The first-order valence-electron chi connectivity index (χ1n) is 6.34. The second kappa shape index (κ2) is 7.80. The summed E-state index contributed by atoms with van der Waals surface area (Å²) in [5.74, 6) is 0.349.